The van der Waals surface area contributed by atoms with E-state index in [1.54, 1.807) is 0 Å². The molecule has 1 aliphatic carbocycles. The third-order valence-corrected chi connectivity index (χ3v) is 6.13. The van der Waals surface area contributed by atoms with E-state index in [0.717, 1.165) is 31.7 Å². The van der Waals surface area contributed by atoms with Crippen molar-refractivity contribution in [3.63, 3.8) is 0 Å². The van der Waals surface area contributed by atoms with Crippen LogP contribution >= 0.6 is 11.8 Å². The van der Waals surface area contributed by atoms with Gasteiger partial charge in [0, 0.05) is 42.9 Å². The second-order valence-electron chi connectivity index (χ2n) is 7.01. The van der Waals surface area contributed by atoms with Crippen LogP contribution in [0.2, 0.25) is 0 Å². The average Bonchev–Trinajstić information content (AvgIpc) is 2.60. The van der Waals surface area contributed by atoms with Crippen LogP contribution in [0.3, 0.4) is 0 Å². The van der Waals surface area contributed by atoms with Crippen LogP contribution < -0.4 is 10.6 Å². The lowest BCUT2D eigenvalue weighted by Gasteiger charge is -2.30. The van der Waals surface area contributed by atoms with E-state index < -0.39 is 0 Å². The van der Waals surface area contributed by atoms with Gasteiger partial charge < -0.3 is 10.6 Å². The number of anilines is 1. The van der Waals surface area contributed by atoms with Crippen LogP contribution in [0.25, 0.3) is 0 Å². The van der Waals surface area contributed by atoms with Gasteiger partial charge in [-0.1, -0.05) is 38.0 Å². The second-order valence-corrected chi connectivity index (χ2v) is 8.24. The molecule has 0 radical (unpaired) electrons. The highest BCUT2D eigenvalue weighted by molar-refractivity contribution is 7.99. The molecule has 24 heavy (non-hydrogen) atoms. The maximum absolute atomic E-state index is 12.4. The molecule has 1 aromatic carbocycles. The predicted octanol–water partition coefficient (Wildman–Crippen LogP) is 3.94. The molecular formula is C19H29N3OS. The molecule has 0 bridgehead atoms. The number of benzene rings is 1. The summed E-state index contributed by atoms with van der Waals surface area (Å²) in [7, 11) is 0. The molecule has 2 amide bonds. The van der Waals surface area contributed by atoms with Gasteiger partial charge in [-0.15, -0.1) is 0 Å². The van der Waals surface area contributed by atoms with Gasteiger partial charge in [-0.25, -0.2) is 4.79 Å². The van der Waals surface area contributed by atoms with Crippen molar-refractivity contribution in [2.24, 2.45) is 5.92 Å². The molecule has 1 saturated heterocycles. The number of hydrogen-bond donors (Lipinski definition) is 2. The monoisotopic (exact) mass is 347 g/mol. The minimum Gasteiger partial charge on any atom is -0.335 e. The van der Waals surface area contributed by atoms with Gasteiger partial charge in [0.15, 0.2) is 0 Å². The number of thioether (sulfide) groups is 1. The Morgan fingerprint density at radius 2 is 1.96 bits per heavy atom. The Morgan fingerprint density at radius 1 is 1.21 bits per heavy atom. The number of rotatable bonds is 4. The van der Waals surface area contributed by atoms with Crippen LogP contribution in [0.15, 0.2) is 24.3 Å². The molecule has 1 aromatic rings. The van der Waals surface area contributed by atoms with Crippen molar-refractivity contribution in [3.8, 4) is 0 Å². The quantitative estimate of drug-likeness (QED) is 0.867. The summed E-state index contributed by atoms with van der Waals surface area (Å²) >= 11 is 2.02. The first-order valence-corrected chi connectivity index (χ1v) is 10.3. The van der Waals surface area contributed by atoms with Gasteiger partial charge in [-0.05, 0) is 30.4 Å². The highest BCUT2D eigenvalue weighted by atomic mass is 32.2. The molecule has 1 aliphatic heterocycles. The molecule has 1 heterocycles. The Bertz CT molecular complexity index is 545. The minimum absolute atomic E-state index is 0.0598. The topological polar surface area (TPSA) is 44.4 Å². The smallest absolute Gasteiger partial charge is 0.319 e. The van der Waals surface area contributed by atoms with Crippen LogP contribution in [0.4, 0.5) is 10.5 Å². The van der Waals surface area contributed by atoms with E-state index in [1.165, 1.54) is 36.3 Å². The van der Waals surface area contributed by atoms with Crippen molar-refractivity contribution in [1.29, 1.82) is 0 Å². The summed E-state index contributed by atoms with van der Waals surface area (Å²) in [6, 6.07) is 8.44. The maximum Gasteiger partial charge on any atom is 0.319 e. The molecule has 2 aliphatic rings. The molecule has 2 unspecified atom stereocenters. The molecule has 2 atom stereocenters. The zero-order valence-electron chi connectivity index (χ0n) is 14.6. The summed E-state index contributed by atoms with van der Waals surface area (Å²) in [6.45, 7) is 5.42. The number of nitrogens with zero attached hydrogens (tertiary/aromatic N) is 1. The Labute approximate surface area is 149 Å². The van der Waals surface area contributed by atoms with Crippen molar-refractivity contribution in [3.05, 3.63) is 29.8 Å². The molecule has 1 saturated carbocycles. The number of urea groups is 1. The number of hydrogen-bond acceptors (Lipinski definition) is 3. The van der Waals surface area contributed by atoms with Crippen molar-refractivity contribution in [2.45, 2.75) is 45.2 Å². The van der Waals surface area contributed by atoms with Gasteiger partial charge >= 0.3 is 6.03 Å². The Hall–Kier alpha value is -1.20. The fraction of sp³-hybridized carbons (Fsp3) is 0.632. The Kier molecular flexibility index (Phi) is 6.44. The molecule has 2 N–H and O–H groups in total. The second kappa shape index (κ2) is 8.77. The zero-order chi connectivity index (χ0) is 16.8. The zero-order valence-corrected chi connectivity index (χ0v) is 15.4. The Balaban J connectivity index is 1.58. The van der Waals surface area contributed by atoms with Gasteiger partial charge in [0.2, 0.25) is 0 Å². The lowest BCUT2D eigenvalue weighted by atomic mass is 9.86. The van der Waals surface area contributed by atoms with Crippen LogP contribution in [-0.4, -0.2) is 41.6 Å². The van der Waals surface area contributed by atoms with Crippen LogP contribution in [0.1, 0.15) is 38.2 Å². The first-order valence-electron chi connectivity index (χ1n) is 9.18. The third kappa shape index (κ3) is 4.90. The van der Waals surface area contributed by atoms with Crippen LogP contribution in [0.5, 0.6) is 0 Å². The lowest BCUT2D eigenvalue weighted by Crippen LogP contribution is -2.43. The minimum atomic E-state index is -0.0598. The van der Waals surface area contributed by atoms with Gasteiger partial charge in [-0.3, -0.25) is 4.90 Å². The van der Waals surface area contributed by atoms with Crippen molar-refractivity contribution < 1.29 is 4.79 Å². The number of carbonyl (C=O) groups excluding carboxylic acids is 1. The molecule has 0 spiro atoms. The van der Waals surface area contributed by atoms with Gasteiger partial charge in [-0.2, -0.15) is 11.8 Å². The molecule has 5 heteroatoms. The highest BCUT2D eigenvalue weighted by Crippen LogP contribution is 2.24. The molecule has 3 rings (SSSR count). The number of carbonyl (C=O) groups is 1. The normalized spacial score (nSPS) is 25.2. The van der Waals surface area contributed by atoms with Gasteiger partial charge in [0.25, 0.3) is 0 Å². The number of para-hydroxylation sites is 1. The number of amides is 2. The van der Waals surface area contributed by atoms with Gasteiger partial charge in [0.1, 0.15) is 0 Å². The largest absolute Gasteiger partial charge is 0.335 e. The van der Waals surface area contributed by atoms with E-state index in [2.05, 4.69) is 34.6 Å². The summed E-state index contributed by atoms with van der Waals surface area (Å²) in [4.78, 5) is 14.9. The maximum atomic E-state index is 12.4. The van der Waals surface area contributed by atoms with Crippen LogP contribution in [-0.2, 0) is 6.54 Å². The van der Waals surface area contributed by atoms with Crippen molar-refractivity contribution in [2.75, 3.05) is 29.9 Å². The highest BCUT2D eigenvalue weighted by Gasteiger charge is 2.23. The van der Waals surface area contributed by atoms with Crippen molar-refractivity contribution in [1.82, 2.24) is 10.2 Å². The van der Waals surface area contributed by atoms with Gasteiger partial charge in [0.05, 0.1) is 0 Å². The van der Waals surface area contributed by atoms with E-state index in [4.69, 9.17) is 0 Å². The summed E-state index contributed by atoms with van der Waals surface area (Å²) in [6.07, 6.45) is 4.83. The van der Waals surface area contributed by atoms with Crippen LogP contribution in [0, 0.1) is 5.92 Å². The fourth-order valence-electron chi connectivity index (χ4n) is 3.64. The summed E-state index contributed by atoms with van der Waals surface area (Å²) in [5, 5.41) is 6.27. The average molecular weight is 348 g/mol. The number of nitrogens with one attached hydrogen (secondary N) is 2. The molecule has 0 aromatic heterocycles. The standard InChI is InChI=1S/C19H29N3OS/c1-15-6-2-4-8-17(15)20-19(23)21-18-9-5-3-7-16(18)14-22-10-12-24-13-11-22/h3,5,7,9,15,17H,2,4,6,8,10-14H2,1H3,(H2,20,21,23). The summed E-state index contributed by atoms with van der Waals surface area (Å²) in [5.74, 6) is 2.98. The van der Waals surface area contributed by atoms with Crippen molar-refractivity contribution >= 4 is 23.5 Å². The summed E-state index contributed by atoms with van der Waals surface area (Å²) < 4.78 is 0. The first-order chi connectivity index (χ1) is 11.7. The van der Waals surface area contributed by atoms with E-state index in [-0.39, 0.29) is 6.03 Å². The third-order valence-electron chi connectivity index (χ3n) is 5.19. The predicted molar refractivity (Wildman–Crippen MR) is 103 cm³/mol. The molecular weight excluding hydrogens is 318 g/mol. The molecule has 4 nitrogen and oxygen atoms in total. The Morgan fingerprint density at radius 3 is 2.75 bits per heavy atom. The lowest BCUT2D eigenvalue weighted by molar-refractivity contribution is 0.232. The first kappa shape index (κ1) is 17.6. The van der Waals surface area contributed by atoms with E-state index in [1.807, 2.05) is 23.9 Å². The SMILES string of the molecule is CC1CCCCC1NC(=O)Nc1ccccc1CN1CCSCC1. The van der Waals surface area contributed by atoms with E-state index in [9.17, 15) is 4.79 Å². The summed E-state index contributed by atoms with van der Waals surface area (Å²) in [5.41, 5.74) is 2.15. The van der Waals surface area contributed by atoms with E-state index in [0.29, 0.717) is 12.0 Å². The molecule has 2 fully saturated rings. The molecule has 132 valence electrons. The fourth-order valence-corrected chi connectivity index (χ4v) is 4.62. The van der Waals surface area contributed by atoms with E-state index >= 15 is 0 Å².